The van der Waals surface area contributed by atoms with Crippen LogP contribution in [0.4, 0.5) is 0 Å². The van der Waals surface area contributed by atoms with Gasteiger partial charge in [-0.15, -0.1) is 0 Å². The number of fused-ring (bicyclic) bond motifs is 1. The van der Waals surface area contributed by atoms with Crippen molar-refractivity contribution >= 4 is 10.0 Å². The van der Waals surface area contributed by atoms with Gasteiger partial charge in [-0.2, -0.15) is 0 Å². The van der Waals surface area contributed by atoms with Gasteiger partial charge in [-0.05, 0) is 37.0 Å². The lowest BCUT2D eigenvalue weighted by atomic mass is 9.90. The molecule has 0 amide bonds. The van der Waals surface area contributed by atoms with Gasteiger partial charge in [0.2, 0.25) is 10.0 Å². The third kappa shape index (κ3) is 2.60. The molecular formula is C10H16N2O2S. The molecule has 0 saturated carbocycles. The van der Waals surface area contributed by atoms with E-state index in [0.717, 1.165) is 38.0 Å². The number of hydrogen-bond acceptors (Lipinski definition) is 3. The molecule has 0 aromatic carbocycles. The summed E-state index contributed by atoms with van der Waals surface area (Å²) in [4.78, 5) is 0. The molecule has 0 spiro atoms. The Morgan fingerprint density at radius 2 is 2.20 bits per heavy atom. The summed E-state index contributed by atoms with van der Waals surface area (Å²) in [6.07, 6.45) is 6.07. The van der Waals surface area contributed by atoms with Gasteiger partial charge in [0.05, 0.1) is 6.26 Å². The van der Waals surface area contributed by atoms with Crippen LogP contribution in [0.1, 0.15) is 19.3 Å². The van der Waals surface area contributed by atoms with E-state index in [2.05, 4.69) is 16.1 Å². The van der Waals surface area contributed by atoms with E-state index in [1.165, 1.54) is 17.4 Å². The van der Waals surface area contributed by atoms with Crippen molar-refractivity contribution in [3.05, 3.63) is 22.9 Å². The number of sulfonamides is 1. The molecule has 1 fully saturated rings. The standard InChI is InChI=1S/C10H16N2O2S/c1-15(13,14)12-10-4-2-3-8-7-11-6-5-9(8)10/h3,11-12H,2,4-7H2,1H3. The molecular weight excluding hydrogens is 212 g/mol. The fourth-order valence-corrected chi connectivity index (χ4v) is 2.79. The summed E-state index contributed by atoms with van der Waals surface area (Å²) in [7, 11) is -3.13. The molecule has 4 nitrogen and oxygen atoms in total. The van der Waals surface area contributed by atoms with Crippen LogP contribution in [0.25, 0.3) is 0 Å². The molecule has 0 atom stereocenters. The molecule has 0 aromatic rings. The van der Waals surface area contributed by atoms with Gasteiger partial charge >= 0.3 is 0 Å². The van der Waals surface area contributed by atoms with E-state index in [1.54, 1.807) is 0 Å². The molecule has 0 bridgehead atoms. The number of hydrogen-bond donors (Lipinski definition) is 2. The maximum atomic E-state index is 11.2. The summed E-state index contributed by atoms with van der Waals surface area (Å²) in [6, 6.07) is 0. The summed E-state index contributed by atoms with van der Waals surface area (Å²) in [5.41, 5.74) is 3.36. The van der Waals surface area contributed by atoms with Gasteiger partial charge < -0.3 is 5.32 Å². The topological polar surface area (TPSA) is 58.2 Å². The summed E-state index contributed by atoms with van der Waals surface area (Å²) in [5, 5.41) is 3.29. The molecule has 1 aliphatic heterocycles. The molecule has 15 heavy (non-hydrogen) atoms. The van der Waals surface area contributed by atoms with Gasteiger partial charge in [0, 0.05) is 12.2 Å². The average molecular weight is 228 g/mol. The van der Waals surface area contributed by atoms with E-state index in [9.17, 15) is 8.42 Å². The van der Waals surface area contributed by atoms with Crippen LogP contribution in [0, 0.1) is 0 Å². The molecule has 84 valence electrons. The first-order valence-electron chi connectivity index (χ1n) is 5.16. The zero-order chi connectivity index (χ0) is 10.9. The van der Waals surface area contributed by atoms with Gasteiger partial charge in [0.1, 0.15) is 0 Å². The SMILES string of the molecule is CS(=O)(=O)NC1=C2CCNCC2=CCC1. The van der Waals surface area contributed by atoms with Crippen molar-refractivity contribution in [2.45, 2.75) is 19.3 Å². The van der Waals surface area contributed by atoms with Crippen LogP contribution in [0.15, 0.2) is 22.9 Å². The van der Waals surface area contributed by atoms with Crippen LogP contribution >= 0.6 is 0 Å². The molecule has 2 N–H and O–H groups in total. The fraction of sp³-hybridized carbons (Fsp3) is 0.600. The first-order chi connectivity index (χ1) is 7.06. The maximum absolute atomic E-state index is 11.2. The third-order valence-electron chi connectivity index (χ3n) is 2.71. The second-order valence-corrected chi connectivity index (χ2v) is 5.77. The van der Waals surface area contributed by atoms with Crippen molar-refractivity contribution in [1.29, 1.82) is 0 Å². The lowest BCUT2D eigenvalue weighted by Gasteiger charge is -2.26. The highest BCUT2D eigenvalue weighted by molar-refractivity contribution is 7.88. The van der Waals surface area contributed by atoms with E-state index < -0.39 is 10.0 Å². The number of allylic oxidation sites excluding steroid dienone is 2. The Kier molecular flexibility index (Phi) is 2.84. The maximum Gasteiger partial charge on any atom is 0.229 e. The second-order valence-electron chi connectivity index (χ2n) is 4.03. The summed E-state index contributed by atoms with van der Waals surface area (Å²) in [6.45, 7) is 1.80. The fourth-order valence-electron chi connectivity index (χ4n) is 2.12. The minimum atomic E-state index is -3.13. The first kappa shape index (κ1) is 10.7. The Morgan fingerprint density at radius 3 is 2.93 bits per heavy atom. The van der Waals surface area contributed by atoms with Crippen molar-refractivity contribution < 1.29 is 8.42 Å². The molecule has 2 rings (SSSR count). The highest BCUT2D eigenvalue weighted by Crippen LogP contribution is 2.28. The first-order valence-corrected chi connectivity index (χ1v) is 7.05. The van der Waals surface area contributed by atoms with Crippen molar-refractivity contribution in [1.82, 2.24) is 10.0 Å². The minimum Gasteiger partial charge on any atom is -0.312 e. The molecule has 1 heterocycles. The van der Waals surface area contributed by atoms with Gasteiger partial charge in [0.15, 0.2) is 0 Å². The molecule has 0 unspecified atom stereocenters. The Hall–Kier alpha value is -0.810. The molecule has 1 aliphatic carbocycles. The van der Waals surface area contributed by atoms with E-state index in [0.29, 0.717) is 0 Å². The molecule has 0 radical (unpaired) electrons. The van der Waals surface area contributed by atoms with E-state index in [1.807, 2.05) is 0 Å². The smallest absolute Gasteiger partial charge is 0.229 e. The van der Waals surface area contributed by atoms with Gasteiger partial charge in [-0.3, -0.25) is 4.72 Å². The van der Waals surface area contributed by atoms with Crippen LogP contribution in [0.5, 0.6) is 0 Å². The Bertz CT molecular complexity index is 421. The highest BCUT2D eigenvalue weighted by Gasteiger charge is 2.20. The van der Waals surface area contributed by atoms with Crippen LogP contribution < -0.4 is 10.0 Å². The van der Waals surface area contributed by atoms with Crippen molar-refractivity contribution in [3.63, 3.8) is 0 Å². The monoisotopic (exact) mass is 228 g/mol. The molecule has 0 aromatic heterocycles. The van der Waals surface area contributed by atoms with Crippen molar-refractivity contribution in [2.75, 3.05) is 19.3 Å². The third-order valence-corrected chi connectivity index (χ3v) is 3.33. The zero-order valence-corrected chi connectivity index (χ0v) is 9.65. The Morgan fingerprint density at radius 1 is 1.40 bits per heavy atom. The van der Waals surface area contributed by atoms with E-state index in [4.69, 9.17) is 0 Å². The lowest BCUT2D eigenvalue weighted by Crippen LogP contribution is -2.31. The second kappa shape index (κ2) is 3.98. The number of rotatable bonds is 2. The Labute approximate surface area is 90.5 Å². The predicted molar refractivity (Wildman–Crippen MR) is 59.8 cm³/mol. The number of nitrogens with one attached hydrogen (secondary N) is 2. The van der Waals surface area contributed by atoms with Crippen LogP contribution in [0.3, 0.4) is 0 Å². The van der Waals surface area contributed by atoms with Crippen LogP contribution in [-0.2, 0) is 10.0 Å². The predicted octanol–water partition coefficient (Wildman–Crippen LogP) is 0.503. The van der Waals surface area contributed by atoms with E-state index in [-0.39, 0.29) is 0 Å². The van der Waals surface area contributed by atoms with Gasteiger partial charge in [0.25, 0.3) is 0 Å². The van der Waals surface area contributed by atoms with Gasteiger partial charge in [-0.25, -0.2) is 8.42 Å². The lowest BCUT2D eigenvalue weighted by molar-refractivity contribution is 0.589. The molecule has 5 heteroatoms. The summed E-state index contributed by atoms with van der Waals surface area (Å²) >= 11 is 0. The van der Waals surface area contributed by atoms with Crippen molar-refractivity contribution in [2.24, 2.45) is 0 Å². The zero-order valence-electron chi connectivity index (χ0n) is 8.84. The Balaban J connectivity index is 2.28. The molecule has 1 saturated heterocycles. The largest absolute Gasteiger partial charge is 0.312 e. The van der Waals surface area contributed by atoms with E-state index >= 15 is 0 Å². The molecule has 2 aliphatic rings. The van der Waals surface area contributed by atoms with Crippen LogP contribution in [0.2, 0.25) is 0 Å². The average Bonchev–Trinajstić information content (AvgIpc) is 2.16. The van der Waals surface area contributed by atoms with Crippen molar-refractivity contribution in [3.8, 4) is 0 Å². The highest BCUT2D eigenvalue weighted by atomic mass is 32.2. The van der Waals surface area contributed by atoms with Crippen LogP contribution in [-0.4, -0.2) is 27.8 Å². The minimum absolute atomic E-state index is 0.811. The van der Waals surface area contributed by atoms with Gasteiger partial charge in [-0.1, -0.05) is 6.08 Å². The quantitative estimate of drug-likeness (QED) is 0.723. The summed E-state index contributed by atoms with van der Waals surface area (Å²) in [5.74, 6) is 0. The summed E-state index contributed by atoms with van der Waals surface area (Å²) < 4.78 is 25.0. The number of piperidine rings is 1. The normalized spacial score (nSPS) is 22.1.